The van der Waals surface area contributed by atoms with Gasteiger partial charge in [0.15, 0.2) is 6.19 Å². The van der Waals surface area contributed by atoms with Crippen molar-refractivity contribution in [3.63, 3.8) is 0 Å². The smallest absolute Gasteiger partial charge is 0.184 e. The summed E-state index contributed by atoms with van der Waals surface area (Å²) in [6.45, 7) is 2.65. The van der Waals surface area contributed by atoms with Crippen LogP contribution in [-0.4, -0.2) is 6.54 Å². The monoisotopic (exact) mass is 145 g/mol. The van der Waals surface area contributed by atoms with Crippen LogP contribution in [0, 0.1) is 17.5 Å². The number of hydrogen-bond acceptors (Lipinski definition) is 2. The second-order valence-electron chi connectivity index (χ2n) is 2.10. The Bertz CT molecular complexity index is 248. The summed E-state index contributed by atoms with van der Waals surface area (Å²) in [7, 11) is 0. The molecule has 0 amide bonds. The van der Waals surface area contributed by atoms with Gasteiger partial charge in [-0.05, 0) is 25.1 Å². The number of anilines is 1. The lowest BCUT2D eigenvalue weighted by molar-refractivity contribution is 1.03. The lowest BCUT2D eigenvalue weighted by atomic mass is 10.3. The van der Waals surface area contributed by atoms with Crippen LogP contribution in [0.25, 0.3) is 0 Å². The molecule has 55 valence electrons. The molecule has 0 saturated heterocycles. The maximum Gasteiger partial charge on any atom is 0.184 e. The van der Waals surface area contributed by atoms with Crippen molar-refractivity contribution in [2.75, 3.05) is 11.4 Å². The molecule has 1 rings (SSSR count). The minimum Gasteiger partial charge on any atom is -0.280 e. The molecule has 0 fully saturated rings. The number of benzene rings is 1. The van der Waals surface area contributed by atoms with Gasteiger partial charge in [0, 0.05) is 6.54 Å². The van der Waals surface area contributed by atoms with Gasteiger partial charge in [-0.3, -0.25) is 4.90 Å². The summed E-state index contributed by atoms with van der Waals surface area (Å²) in [6, 6.07) is 10.2. The minimum atomic E-state index is 0.709. The van der Waals surface area contributed by atoms with Gasteiger partial charge in [0.05, 0.1) is 5.69 Å². The van der Waals surface area contributed by atoms with Gasteiger partial charge >= 0.3 is 0 Å². The molecule has 0 unspecified atom stereocenters. The van der Waals surface area contributed by atoms with Gasteiger partial charge in [-0.15, -0.1) is 0 Å². The molecule has 0 bridgehead atoms. The molecule has 1 aromatic rings. The number of rotatable bonds is 2. The first-order chi connectivity index (χ1) is 5.38. The van der Waals surface area contributed by atoms with Crippen LogP contribution < -0.4 is 4.90 Å². The molecule has 11 heavy (non-hydrogen) atoms. The van der Waals surface area contributed by atoms with E-state index >= 15 is 0 Å². The molecule has 2 nitrogen and oxygen atoms in total. The van der Waals surface area contributed by atoms with Crippen LogP contribution in [0.15, 0.2) is 24.3 Å². The second kappa shape index (κ2) is 3.62. The summed E-state index contributed by atoms with van der Waals surface area (Å²) in [5.41, 5.74) is 0.925. The minimum absolute atomic E-state index is 0.709. The third kappa shape index (κ3) is 1.71. The highest BCUT2D eigenvalue weighted by Gasteiger charge is 1.98. The van der Waals surface area contributed by atoms with Crippen LogP contribution in [0.1, 0.15) is 6.92 Å². The zero-order chi connectivity index (χ0) is 8.10. The molecule has 0 aliphatic heterocycles. The van der Waals surface area contributed by atoms with Gasteiger partial charge in [0.25, 0.3) is 0 Å². The molecule has 0 atom stereocenters. The summed E-state index contributed by atoms with van der Waals surface area (Å²) in [5, 5.41) is 8.65. The Morgan fingerprint density at radius 1 is 1.55 bits per heavy atom. The highest BCUT2D eigenvalue weighted by molar-refractivity contribution is 5.49. The molecule has 0 heterocycles. The highest BCUT2D eigenvalue weighted by atomic mass is 15.1. The van der Waals surface area contributed by atoms with Crippen LogP contribution in [0.2, 0.25) is 0 Å². The zero-order valence-electron chi connectivity index (χ0n) is 6.41. The quantitative estimate of drug-likeness (QED) is 0.468. The largest absolute Gasteiger partial charge is 0.280 e. The fourth-order valence-corrected chi connectivity index (χ4v) is 0.869. The van der Waals surface area contributed by atoms with Gasteiger partial charge in [-0.25, -0.2) is 0 Å². The van der Waals surface area contributed by atoms with Crippen molar-refractivity contribution in [2.24, 2.45) is 0 Å². The molecular formula is C9H9N2. The maximum atomic E-state index is 8.65. The first-order valence-corrected chi connectivity index (χ1v) is 3.52. The lowest BCUT2D eigenvalue weighted by Crippen LogP contribution is -2.14. The van der Waals surface area contributed by atoms with E-state index in [9.17, 15) is 0 Å². The fourth-order valence-electron chi connectivity index (χ4n) is 0.869. The first kappa shape index (κ1) is 7.62. The topological polar surface area (TPSA) is 27.0 Å². The van der Waals surface area contributed by atoms with E-state index in [0.29, 0.717) is 6.54 Å². The number of hydrogen-bond donors (Lipinski definition) is 0. The van der Waals surface area contributed by atoms with Crippen LogP contribution in [0.3, 0.4) is 0 Å². The van der Waals surface area contributed by atoms with E-state index in [4.69, 9.17) is 5.26 Å². The van der Waals surface area contributed by atoms with E-state index in [1.54, 1.807) is 17.0 Å². The number of nitrogens with zero attached hydrogens (tertiary/aromatic N) is 2. The van der Waals surface area contributed by atoms with Crippen molar-refractivity contribution >= 4 is 5.69 Å². The molecule has 0 aliphatic carbocycles. The molecule has 1 radical (unpaired) electrons. The SMILES string of the molecule is CCN(C#N)c1cc[c]cc1. The van der Waals surface area contributed by atoms with E-state index < -0.39 is 0 Å². The van der Waals surface area contributed by atoms with E-state index in [2.05, 4.69) is 12.3 Å². The molecular weight excluding hydrogens is 136 g/mol. The van der Waals surface area contributed by atoms with Crippen molar-refractivity contribution in [1.82, 2.24) is 0 Å². The summed E-state index contributed by atoms with van der Waals surface area (Å²) in [4.78, 5) is 1.62. The zero-order valence-corrected chi connectivity index (χ0v) is 6.41. The van der Waals surface area contributed by atoms with Gasteiger partial charge in [0.2, 0.25) is 0 Å². The summed E-state index contributed by atoms with van der Waals surface area (Å²) >= 11 is 0. The van der Waals surface area contributed by atoms with E-state index in [-0.39, 0.29) is 0 Å². The third-order valence-electron chi connectivity index (χ3n) is 1.45. The Balaban J connectivity index is 2.85. The Labute approximate surface area is 66.7 Å². The highest BCUT2D eigenvalue weighted by Crippen LogP contribution is 2.10. The van der Waals surface area contributed by atoms with Crippen LogP contribution in [0.4, 0.5) is 5.69 Å². The van der Waals surface area contributed by atoms with Crippen molar-refractivity contribution in [3.8, 4) is 6.19 Å². The molecule has 2 heteroatoms. The standard InChI is InChI=1S/C9H9N2/c1-2-11(8-10)9-6-4-3-5-7-9/h4-7H,2H2,1H3. The second-order valence-corrected chi connectivity index (χ2v) is 2.10. The normalized spacial score (nSPS) is 8.73. The van der Waals surface area contributed by atoms with Gasteiger partial charge in [-0.2, -0.15) is 5.26 Å². The van der Waals surface area contributed by atoms with Gasteiger partial charge in [0.1, 0.15) is 0 Å². The van der Waals surface area contributed by atoms with Gasteiger partial charge in [-0.1, -0.05) is 12.1 Å². The molecule has 0 N–H and O–H groups in total. The Kier molecular flexibility index (Phi) is 2.51. The van der Waals surface area contributed by atoms with Crippen LogP contribution in [-0.2, 0) is 0 Å². The predicted octanol–water partition coefficient (Wildman–Crippen LogP) is 1.79. The van der Waals surface area contributed by atoms with Crippen molar-refractivity contribution < 1.29 is 0 Å². The molecule has 0 spiro atoms. The summed E-state index contributed by atoms with van der Waals surface area (Å²) in [6.07, 6.45) is 2.09. The van der Waals surface area contributed by atoms with E-state index in [1.165, 1.54) is 0 Å². The van der Waals surface area contributed by atoms with Gasteiger partial charge < -0.3 is 0 Å². The third-order valence-corrected chi connectivity index (χ3v) is 1.45. The number of nitriles is 1. The molecule has 0 aliphatic rings. The predicted molar refractivity (Wildman–Crippen MR) is 43.9 cm³/mol. The first-order valence-electron chi connectivity index (χ1n) is 3.52. The molecule has 0 aromatic heterocycles. The van der Waals surface area contributed by atoms with E-state index in [1.807, 2.05) is 19.1 Å². The van der Waals surface area contributed by atoms with Crippen LogP contribution in [0.5, 0.6) is 0 Å². The fraction of sp³-hybridized carbons (Fsp3) is 0.222. The lowest BCUT2D eigenvalue weighted by Gasteiger charge is -2.11. The Hall–Kier alpha value is -1.49. The van der Waals surface area contributed by atoms with Crippen molar-refractivity contribution in [2.45, 2.75) is 6.92 Å². The average Bonchev–Trinajstić information content (AvgIpc) is 2.09. The van der Waals surface area contributed by atoms with Crippen molar-refractivity contribution in [1.29, 1.82) is 5.26 Å². The Morgan fingerprint density at radius 2 is 2.18 bits per heavy atom. The average molecular weight is 145 g/mol. The maximum absolute atomic E-state index is 8.65. The summed E-state index contributed by atoms with van der Waals surface area (Å²) < 4.78 is 0. The summed E-state index contributed by atoms with van der Waals surface area (Å²) in [5.74, 6) is 0. The molecule has 0 saturated carbocycles. The van der Waals surface area contributed by atoms with E-state index in [0.717, 1.165) is 5.69 Å². The molecule has 1 aromatic carbocycles. The van der Waals surface area contributed by atoms with Crippen LogP contribution >= 0.6 is 0 Å². The van der Waals surface area contributed by atoms with Crippen molar-refractivity contribution in [3.05, 3.63) is 30.3 Å². The Morgan fingerprint density at radius 3 is 2.64 bits per heavy atom.